The molecular formula is C19H28N2. The second-order valence-electron chi connectivity index (χ2n) is 7.93. The first-order valence-corrected chi connectivity index (χ1v) is 8.81. The van der Waals surface area contributed by atoms with E-state index in [1.165, 1.54) is 36.9 Å². The van der Waals surface area contributed by atoms with E-state index in [9.17, 15) is 0 Å². The van der Waals surface area contributed by atoms with Gasteiger partial charge in [0, 0.05) is 24.4 Å². The lowest BCUT2D eigenvalue weighted by atomic mass is 9.50. The second-order valence-corrected chi connectivity index (χ2v) is 7.93. The quantitative estimate of drug-likeness (QED) is 0.914. The standard InChI is InChI=1S/C19H28N2/c1-12-3-4-17(21-11-12)10-18(20-2)19-15-6-13-5-14(8-15)9-16(19)7-13/h3-4,11,13-16,18-20H,5-10H2,1-2H3. The summed E-state index contributed by atoms with van der Waals surface area (Å²) < 4.78 is 0. The van der Waals surface area contributed by atoms with Crippen molar-refractivity contribution < 1.29 is 0 Å². The lowest BCUT2D eigenvalue weighted by Gasteiger charge is -2.56. The highest BCUT2D eigenvalue weighted by atomic mass is 14.9. The van der Waals surface area contributed by atoms with Crippen molar-refractivity contribution in [3.05, 3.63) is 29.6 Å². The summed E-state index contributed by atoms with van der Waals surface area (Å²) in [5.74, 6) is 5.01. The Hall–Kier alpha value is -0.890. The minimum Gasteiger partial charge on any atom is -0.316 e. The molecule has 1 unspecified atom stereocenters. The Kier molecular flexibility index (Phi) is 3.53. The molecule has 4 aliphatic rings. The molecule has 1 aromatic rings. The number of nitrogens with zero attached hydrogens (tertiary/aromatic N) is 1. The Balaban J connectivity index is 1.51. The number of aromatic nitrogens is 1. The Bertz CT molecular complexity index is 465. The molecule has 4 saturated carbocycles. The second kappa shape index (κ2) is 5.39. The molecule has 2 nitrogen and oxygen atoms in total. The molecule has 5 rings (SSSR count). The predicted molar refractivity (Wildman–Crippen MR) is 86.1 cm³/mol. The number of aryl methyl sites for hydroxylation is 1. The topological polar surface area (TPSA) is 24.9 Å². The van der Waals surface area contributed by atoms with Crippen LogP contribution >= 0.6 is 0 Å². The van der Waals surface area contributed by atoms with Gasteiger partial charge in [-0.2, -0.15) is 0 Å². The van der Waals surface area contributed by atoms with Gasteiger partial charge >= 0.3 is 0 Å². The lowest BCUT2D eigenvalue weighted by Crippen LogP contribution is -2.53. The van der Waals surface area contributed by atoms with Gasteiger partial charge in [-0.25, -0.2) is 0 Å². The van der Waals surface area contributed by atoms with E-state index in [1.807, 2.05) is 6.20 Å². The Morgan fingerprint density at radius 2 is 1.76 bits per heavy atom. The van der Waals surface area contributed by atoms with Crippen LogP contribution in [0.25, 0.3) is 0 Å². The number of nitrogens with one attached hydrogen (secondary N) is 1. The number of rotatable bonds is 4. The van der Waals surface area contributed by atoms with Crippen molar-refractivity contribution in [1.82, 2.24) is 10.3 Å². The third kappa shape index (κ3) is 2.52. The summed E-state index contributed by atoms with van der Waals surface area (Å²) in [6.45, 7) is 2.12. The molecule has 1 N–H and O–H groups in total. The van der Waals surface area contributed by atoms with E-state index in [4.69, 9.17) is 0 Å². The van der Waals surface area contributed by atoms with E-state index < -0.39 is 0 Å². The van der Waals surface area contributed by atoms with E-state index >= 15 is 0 Å². The van der Waals surface area contributed by atoms with Gasteiger partial charge in [0.05, 0.1) is 0 Å². The van der Waals surface area contributed by atoms with Gasteiger partial charge in [0.15, 0.2) is 0 Å². The molecule has 1 aromatic heterocycles. The average molecular weight is 284 g/mol. The van der Waals surface area contributed by atoms with Crippen LogP contribution in [0.2, 0.25) is 0 Å². The van der Waals surface area contributed by atoms with Gasteiger partial charge < -0.3 is 5.32 Å². The number of hydrogen-bond donors (Lipinski definition) is 1. The molecule has 0 saturated heterocycles. The summed E-state index contributed by atoms with van der Waals surface area (Å²) in [4.78, 5) is 4.64. The maximum atomic E-state index is 4.64. The average Bonchev–Trinajstić information content (AvgIpc) is 2.47. The lowest BCUT2D eigenvalue weighted by molar-refractivity contribution is -0.0508. The summed E-state index contributed by atoms with van der Waals surface area (Å²) in [5, 5.41) is 3.65. The zero-order valence-corrected chi connectivity index (χ0v) is 13.4. The van der Waals surface area contributed by atoms with Crippen LogP contribution in [-0.4, -0.2) is 18.1 Å². The van der Waals surface area contributed by atoms with Crippen LogP contribution in [0.3, 0.4) is 0 Å². The van der Waals surface area contributed by atoms with Crippen molar-refractivity contribution in [2.45, 2.75) is 51.5 Å². The molecule has 1 heterocycles. The van der Waals surface area contributed by atoms with Gasteiger partial charge in [-0.1, -0.05) is 6.07 Å². The van der Waals surface area contributed by atoms with Gasteiger partial charge in [-0.15, -0.1) is 0 Å². The van der Waals surface area contributed by atoms with Crippen LogP contribution in [0.4, 0.5) is 0 Å². The van der Waals surface area contributed by atoms with Gasteiger partial charge in [-0.3, -0.25) is 4.98 Å². The Morgan fingerprint density at radius 1 is 1.10 bits per heavy atom. The summed E-state index contributed by atoms with van der Waals surface area (Å²) in [5.41, 5.74) is 2.52. The summed E-state index contributed by atoms with van der Waals surface area (Å²) in [6, 6.07) is 5.04. The number of likely N-dealkylation sites (N-methyl/N-ethyl adjacent to an activating group) is 1. The highest BCUT2D eigenvalue weighted by Gasteiger charge is 2.50. The summed E-state index contributed by atoms with van der Waals surface area (Å²) in [7, 11) is 2.16. The van der Waals surface area contributed by atoms with Gasteiger partial charge in [0.1, 0.15) is 0 Å². The highest BCUT2D eigenvalue weighted by Crippen LogP contribution is 2.57. The largest absolute Gasteiger partial charge is 0.316 e. The molecule has 21 heavy (non-hydrogen) atoms. The van der Waals surface area contributed by atoms with E-state index in [2.05, 4.69) is 36.4 Å². The van der Waals surface area contributed by atoms with Crippen molar-refractivity contribution >= 4 is 0 Å². The molecule has 4 aliphatic carbocycles. The highest BCUT2D eigenvalue weighted by molar-refractivity contribution is 5.14. The minimum absolute atomic E-state index is 0.621. The molecule has 0 amide bonds. The summed E-state index contributed by atoms with van der Waals surface area (Å²) in [6.07, 6.45) is 10.7. The van der Waals surface area contributed by atoms with Gasteiger partial charge in [0.2, 0.25) is 0 Å². The molecule has 0 radical (unpaired) electrons. The third-order valence-corrected chi connectivity index (χ3v) is 6.54. The number of hydrogen-bond acceptors (Lipinski definition) is 2. The molecule has 0 spiro atoms. The molecule has 4 bridgehead atoms. The van der Waals surface area contributed by atoms with Crippen molar-refractivity contribution in [3.8, 4) is 0 Å². The van der Waals surface area contributed by atoms with Crippen LogP contribution in [-0.2, 0) is 6.42 Å². The zero-order valence-electron chi connectivity index (χ0n) is 13.4. The fourth-order valence-electron chi connectivity index (χ4n) is 5.90. The van der Waals surface area contributed by atoms with Crippen molar-refractivity contribution in [3.63, 3.8) is 0 Å². The SMILES string of the molecule is CNC(Cc1ccc(C)cn1)C1C2CC3CC(C2)CC1C3. The molecule has 2 heteroatoms. The summed E-state index contributed by atoms with van der Waals surface area (Å²) >= 11 is 0. The van der Waals surface area contributed by atoms with E-state index in [0.717, 1.165) is 36.0 Å². The van der Waals surface area contributed by atoms with Crippen LogP contribution in [0.1, 0.15) is 43.4 Å². The maximum Gasteiger partial charge on any atom is 0.0419 e. The Morgan fingerprint density at radius 3 is 2.29 bits per heavy atom. The fourth-order valence-corrected chi connectivity index (χ4v) is 5.90. The molecule has 0 aliphatic heterocycles. The van der Waals surface area contributed by atoms with Crippen LogP contribution in [0, 0.1) is 36.5 Å². The molecule has 114 valence electrons. The van der Waals surface area contributed by atoms with E-state index in [-0.39, 0.29) is 0 Å². The molecular weight excluding hydrogens is 256 g/mol. The maximum absolute atomic E-state index is 4.64. The first kappa shape index (κ1) is 13.8. The first-order chi connectivity index (χ1) is 10.2. The van der Waals surface area contributed by atoms with Gasteiger partial charge in [-0.05, 0) is 87.3 Å². The smallest absolute Gasteiger partial charge is 0.0419 e. The Labute approximate surface area is 128 Å². The first-order valence-electron chi connectivity index (χ1n) is 8.81. The molecule has 1 atom stereocenters. The van der Waals surface area contributed by atoms with Crippen molar-refractivity contribution in [1.29, 1.82) is 0 Å². The normalized spacial score (nSPS) is 38.7. The monoisotopic (exact) mass is 284 g/mol. The number of pyridine rings is 1. The minimum atomic E-state index is 0.621. The molecule has 4 fully saturated rings. The van der Waals surface area contributed by atoms with Crippen LogP contribution in [0.15, 0.2) is 18.3 Å². The van der Waals surface area contributed by atoms with Crippen molar-refractivity contribution in [2.24, 2.45) is 29.6 Å². The third-order valence-electron chi connectivity index (χ3n) is 6.54. The van der Waals surface area contributed by atoms with Crippen molar-refractivity contribution in [2.75, 3.05) is 7.05 Å². The fraction of sp³-hybridized carbons (Fsp3) is 0.737. The zero-order chi connectivity index (χ0) is 14.4. The van der Waals surface area contributed by atoms with Crippen LogP contribution in [0.5, 0.6) is 0 Å². The van der Waals surface area contributed by atoms with Gasteiger partial charge in [0.25, 0.3) is 0 Å². The molecule has 0 aromatic carbocycles. The van der Waals surface area contributed by atoms with E-state index in [0.29, 0.717) is 6.04 Å². The van der Waals surface area contributed by atoms with Crippen LogP contribution < -0.4 is 5.32 Å². The van der Waals surface area contributed by atoms with E-state index in [1.54, 1.807) is 6.42 Å². The predicted octanol–water partition coefficient (Wildman–Crippen LogP) is 3.59.